The standard InChI is InChI=1S/C16H21N3O2S/c1-3-16(4-2,11-20)19-15(21)18-13-7-5-12(6-8-13)14-17-9-10-22-14/h5-10,20H,3-4,11H2,1-2H3,(H2,18,19,21). The molecule has 0 bridgehead atoms. The van der Waals surface area contributed by atoms with Gasteiger partial charge in [-0.2, -0.15) is 0 Å². The summed E-state index contributed by atoms with van der Waals surface area (Å²) in [5, 5.41) is 18.0. The maximum Gasteiger partial charge on any atom is 0.319 e. The first-order valence-electron chi connectivity index (χ1n) is 7.32. The number of carbonyl (C=O) groups excluding carboxylic acids is 1. The summed E-state index contributed by atoms with van der Waals surface area (Å²) in [6.07, 6.45) is 3.12. The molecule has 5 nitrogen and oxygen atoms in total. The largest absolute Gasteiger partial charge is 0.394 e. The number of rotatable bonds is 6. The number of aromatic nitrogens is 1. The van der Waals surface area contributed by atoms with Gasteiger partial charge in [0.2, 0.25) is 0 Å². The first-order valence-corrected chi connectivity index (χ1v) is 8.20. The summed E-state index contributed by atoms with van der Waals surface area (Å²) in [5.41, 5.74) is 1.16. The number of thiazole rings is 1. The summed E-state index contributed by atoms with van der Waals surface area (Å²) in [6, 6.07) is 7.23. The van der Waals surface area contributed by atoms with Gasteiger partial charge in [0.25, 0.3) is 0 Å². The first-order chi connectivity index (χ1) is 10.6. The number of nitrogens with zero attached hydrogens (tertiary/aromatic N) is 1. The molecule has 0 radical (unpaired) electrons. The van der Waals surface area contributed by atoms with Crippen LogP contribution in [0.4, 0.5) is 10.5 Å². The van der Waals surface area contributed by atoms with Crippen LogP contribution >= 0.6 is 11.3 Å². The molecule has 0 aliphatic rings. The van der Waals surface area contributed by atoms with Gasteiger partial charge in [0.1, 0.15) is 5.01 Å². The van der Waals surface area contributed by atoms with Crippen molar-refractivity contribution < 1.29 is 9.90 Å². The highest BCUT2D eigenvalue weighted by Crippen LogP contribution is 2.23. The number of nitrogens with one attached hydrogen (secondary N) is 2. The number of anilines is 1. The van der Waals surface area contributed by atoms with E-state index in [0.717, 1.165) is 10.6 Å². The van der Waals surface area contributed by atoms with Gasteiger partial charge in [-0.15, -0.1) is 11.3 Å². The van der Waals surface area contributed by atoms with E-state index in [-0.39, 0.29) is 12.6 Å². The van der Waals surface area contributed by atoms with E-state index >= 15 is 0 Å². The van der Waals surface area contributed by atoms with Crippen LogP contribution in [0.3, 0.4) is 0 Å². The zero-order valence-corrected chi connectivity index (χ0v) is 13.6. The quantitative estimate of drug-likeness (QED) is 0.763. The number of urea groups is 1. The topological polar surface area (TPSA) is 74.2 Å². The van der Waals surface area contributed by atoms with Gasteiger partial charge < -0.3 is 15.7 Å². The van der Waals surface area contributed by atoms with Crippen LogP contribution in [0, 0.1) is 0 Å². The van der Waals surface area contributed by atoms with E-state index in [2.05, 4.69) is 15.6 Å². The summed E-state index contributed by atoms with van der Waals surface area (Å²) < 4.78 is 0. The molecular formula is C16H21N3O2S. The molecule has 0 aliphatic carbocycles. The van der Waals surface area contributed by atoms with Crippen molar-refractivity contribution in [1.29, 1.82) is 0 Å². The zero-order chi connectivity index (χ0) is 16.0. The van der Waals surface area contributed by atoms with E-state index in [0.29, 0.717) is 18.5 Å². The van der Waals surface area contributed by atoms with Crippen LogP contribution < -0.4 is 10.6 Å². The summed E-state index contributed by atoms with van der Waals surface area (Å²) in [4.78, 5) is 16.3. The Morgan fingerprint density at radius 2 is 1.95 bits per heavy atom. The predicted molar refractivity (Wildman–Crippen MR) is 90.1 cm³/mol. The van der Waals surface area contributed by atoms with E-state index in [1.54, 1.807) is 17.5 Å². The Morgan fingerprint density at radius 3 is 2.45 bits per heavy atom. The fourth-order valence-electron chi connectivity index (χ4n) is 2.16. The molecule has 22 heavy (non-hydrogen) atoms. The molecule has 2 rings (SSSR count). The van der Waals surface area contributed by atoms with Crippen LogP contribution in [-0.2, 0) is 0 Å². The van der Waals surface area contributed by atoms with Crippen molar-refractivity contribution in [3.05, 3.63) is 35.8 Å². The van der Waals surface area contributed by atoms with Crippen LogP contribution in [-0.4, -0.2) is 28.3 Å². The Morgan fingerprint density at radius 1 is 1.27 bits per heavy atom. The van der Waals surface area contributed by atoms with Gasteiger partial charge >= 0.3 is 6.03 Å². The molecule has 1 heterocycles. The Kier molecular flexibility index (Phi) is 5.51. The molecule has 0 saturated heterocycles. The molecule has 3 N–H and O–H groups in total. The molecule has 118 valence electrons. The number of aliphatic hydroxyl groups excluding tert-OH is 1. The van der Waals surface area contributed by atoms with Crippen LogP contribution in [0.1, 0.15) is 26.7 Å². The number of hydrogen-bond acceptors (Lipinski definition) is 4. The third kappa shape index (κ3) is 3.84. The Hall–Kier alpha value is -1.92. The van der Waals surface area contributed by atoms with Crippen LogP contribution in [0.2, 0.25) is 0 Å². The molecular weight excluding hydrogens is 298 g/mol. The third-order valence-electron chi connectivity index (χ3n) is 3.86. The second-order valence-corrected chi connectivity index (χ2v) is 6.03. The average molecular weight is 319 g/mol. The van der Waals surface area contributed by atoms with Crippen molar-refractivity contribution in [3.8, 4) is 10.6 Å². The van der Waals surface area contributed by atoms with Crippen molar-refractivity contribution in [2.75, 3.05) is 11.9 Å². The molecule has 1 aromatic carbocycles. The molecule has 0 aliphatic heterocycles. The Balaban J connectivity index is 2.00. The Bertz CT molecular complexity index is 584. The number of hydrogen-bond donors (Lipinski definition) is 3. The normalized spacial score (nSPS) is 11.2. The fraction of sp³-hybridized carbons (Fsp3) is 0.375. The summed E-state index contributed by atoms with van der Waals surface area (Å²) in [5.74, 6) is 0. The molecule has 0 spiro atoms. The van der Waals surface area contributed by atoms with Gasteiger partial charge in [0.05, 0.1) is 12.1 Å². The lowest BCUT2D eigenvalue weighted by Gasteiger charge is -2.30. The summed E-state index contributed by atoms with van der Waals surface area (Å²) in [6.45, 7) is 3.82. The van der Waals surface area contributed by atoms with E-state index in [1.165, 1.54) is 0 Å². The predicted octanol–water partition coefficient (Wildman–Crippen LogP) is 3.48. The Labute approximate surface area is 134 Å². The lowest BCUT2D eigenvalue weighted by Crippen LogP contribution is -2.51. The van der Waals surface area contributed by atoms with E-state index in [1.807, 2.05) is 43.5 Å². The number of aliphatic hydroxyl groups is 1. The maximum absolute atomic E-state index is 12.1. The molecule has 2 aromatic rings. The minimum Gasteiger partial charge on any atom is -0.394 e. The maximum atomic E-state index is 12.1. The van der Waals surface area contributed by atoms with Gasteiger partial charge in [-0.05, 0) is 37.1 Å². The summed E-state index contributed by atoms with van der Waals surface area (Å²) in [7, 11) is 0. The lowest BCUT2D eigenvalue weighted by molar-refractivity contribution is 0.155. The van der Waals surface area contributed by atoms with Crippen LogP contribution in [0.5, 0.6) is 0 Å². The second-order valence-electron chi connectivity index (χ2n) is 5.14. The zero-order valence-electron chi connectivity index (χ0n) is 12.8. The van der Waals surface area contributed by atoms with Gasteiger partial charge in [0.15, 0.2) is 0 Å². The third-order valence-corrected chi connectivity index (χ3v) is 4.68. The SMILES string of the molecule is CCC(CC)(CO)NC(=O)Nc1ccc(-c2nccs2)cc1. The smallest absolute Gasteiger partial charge is 0.319 e. The van der Waals surface area contributed by atoms with Gasteiger partial charge in [-0.3, -0.25) is 0 Å². The van der Waals surface area contributed by atoms with Crippen LogP contribution in [0.15, 0.2) is 35.8 Å². The molecule has 0 fully saturated rings. The number of amides is 2. The first kappa shape index (κ1) is 16.5. The highest BCUT2D eigenvalue weighted by atomic mass is 32.1. The lowest BCUT2D eigenvalue weighted by atomic mass is 9.94. The van der Waals surface area contributed by atoms with Crippen molar-refractivity contribution in [1.82, 2.24) is 10.3 Å². The molecule has 0 unspecified atom stereocenters. The van der Waals surface area contributed by atoms with Crippen molar-refractivity contribution in [3.63, 3.8) is 0 Å². The number of carbonyl (C=O) groups is 1. The van der Waals surface area contributed by atoms with Gasteiger partial charge in [0, 0.05) is 22.8 Å². The molecule has 0 atom stereocenters. The molecule has 0 saturated carbocycles. The molecule has 2 amide bonds. The fourth-order valence-corrected chi connectivity index (χ4v) is 2.80. The highest BCUT2D eigenvalue weighted by Gasteiger charge is 2.27. The van der Waals surface area contributed by atoms with Crippen molar-refractivity contribution in [2.24, 2.45) is 0 Å². The minimum atomic E-state index is -0.565. The number of benzene rings is 1. The monoisotopic (exact) mass is 319 g/mol. The molecule has 6 heteroatoms. The van der Waals surface area contributed by atoms with Crippen LogP contribution in [0.25, 0.3) is 10.6 Å². The summed E-state index contributed by atoms with van der Waals surface area (Å²) >= 11 is 1.57. The second kappa shape index (κ2) is 7.38. The van der Waals surface area contributed by atoms with E-state index in [9.17, 15) is 9.90 Å². The van der Waals surface area contributed by atoms with E-state index < -0.39 is 5.54 Å². The van der Waals surface area contributed by atoms with E-state index in [4.69, 9.17) is 0 Å². The van der Waals surface area contributed by atoms with Gasteiger partial charge in [-0.25, -0.2) is 9.78 Å². The van der Waals surface area contributed by atoms with Gasteiger partial charge in [-0.1, -0.05) is 13.8 Å². The van der Waals surface area contributed by atoms with Crippen molar-refractivity contribution in [2.45, 2.75) is 32.2 Å². The minimum absolute atomic E-state index is 0.0730. The molecule has 1 aromatic heterocycles. The van der Waals surface area contributed by atoms with Crippen molar-refractivity contribution >= 4 is 23.1 Å². The average Bonchev–Trinajstić information content (AvgIpc) is 3.08. The highest BCUT2D eigenvalue weighted by molar-refractivity contribution is 7.13.